The molecule has 0 aromatic carbocycles. The topological polar surface area (TPSA) is 9.23 Å². The Kier molecular flexibility index (Phi) is 6.26. The molecule has 15 heteroatoms. The number of hydrogen-bond donors (Lipinski definition) is 0. The first-order valence-corrected chi connectivity index (χ1v) is 9.29. The third kappa shape index (κ3) is 3.53. The molecule has 0 amide bonds. The van der Waals surface area contributed by atoms with Gasteiger partial charge in [0.05, 0.1) is 0 Å². The van der Waals surface area contributed by atoms with Crippen LogP contribution in [0.2, 0.25) is 11.6 Å². The van der Waals surface area contributed by atoms with Crippen LogP contribution in [0.15, 0.2) is 0 Å². The molecule has 1 aliphatic rings. The highest BCUT2D eigenvalue weighted by atomic mass is 28.3. The fourth-order valence-corrected chi connectivity index (χ4v) is 5.25. The van der Waals surface area contributed by atoms with Crippen LogP contribution in [0.3, 0.4) is 0 Å². The van der Waals surface area contributed by atoms with Gasteiger partial charge < -0.3 is 4.43 Å². The molecule has 2 atom stereocenters. The van der Waals surface area contributed by atoms with Gasteiger partial charge in [-0.25, -0.2) is 0 Å². The maximum Gasteiger partial charge on any atom is 0.460 e. The summed E-state index contributed by atoms with van der Waals surface area (Å²) in [7, 11) is -3.36. The van der Waals surface area contributed by atoms with Crippen LogP contribution < -0.4 is 0 Å². The van der Waals surface area contributed by atoms with Crippen molar-refractivity contribution >= 4 is 9.04 Å². The van der Waals surface area contributed by atoms with E-state index in [1.165, 1.54) is 0 Å². The second-order valence-electron chi connectivity index (χ2n) is 6.11. The molecule has 1 saturated heterocycles. The molecule has 0 aromatic rings. The molecule has 0 aliphatic carbocycles. The van der Waals surface area contributed by atoms with E-state index in [0.717, 1.165) is 0 Å². The summed E-state index contributed by atoms with van der Waals surface area (Å²) in [6, 6.07) is -0.215. The highest BCUT2D eigenvalue weighted by Gasteiger charge is 2.91. The Morgan fingerprint density at radius 3 is 1.48 bits per heavy atom. The summed E-state index contributed by atoms with van der Waals surface area (Å²) in [5.41, 5.74) is -2.74. The summed E-state index contributed by atoms with van der Waals surface area (Å²) in [6.07, 6.45) is -6.86. The normalized spacial score (nSPS) is 22.7. The first-order valence-electron chi connectivity index (χ1n) is 7.34. The molecule has 1 fully saturated rings. The second-order valence-corrected chi connectivity index (χ2v) is 9.10. The van der Waals surface area contributed by atoms with Gasteiger partial charge in [0.1, 0.15) is 0 Å². The van der Waals surface area contributed by atoms with E-state index in [9.17, 15) is 57.1 Å². The SMILES string of the molecule is CC([SiH]1CCCCO1)C(F)(F)C(F)(F)C(F)(F)C(F)(F)C(F)(F)C(F)(F)F. The number of rotatable bonds is 6. The van der Waals surface area contributed by atoms with Gasteiger partial charge >= 0.3 is 35.8 Å². The predicted molar refractivity (Wildman–Crippen MR) is 67.4 cm³/mol. The van der Waals surface area contributed by atoms with Crippen LogP contribution in [-0.2, 0) is 4.43 Å². The Bertz CT molecular complexity index is 524. The molecule has 0 aromatic heterocycles. The number of alkyl halides is 13. The van der Waals surface area contributed by atoms with Gasteiger partial charge in [-0.1, -0.05) is 13.3 Å². The molecule has 27 heavy (non-hydrogen) atoms. The fourth-order valence-electron chi connectivity index (χ4n) is 2.46. The lowest BCUT2D eigenvalue weighted by Crippen LogP contribution is -2.71. The van der Waals surface area contributed by atoms with Gasteiger partial charge in [-0.2, -0.15) is 57.1 Å². The summed E-state index contributed by atoms with van der Waals surface area (Å²) >= 11 is 0. The molecule has 162 valence electrons. The van der Waals surface area contributed by atoms with E-state index in [0.29, 0.717) is 6.42 Å². The van der Waals surface area contributed by atoms with Crippen molar-refractivity contribution in [3.63, 3.8) is 0 Å². The first kappa shape index (κ1) is 24.3. The van der Waals surface area contributed by atoms with Gasteiger partial charge in [0.15, 0.2) is 9.04 Å². The molecule has 1 heterocycles. The van der Waals surface area contributed by atoms with Gasteiger partial charge in [-0.15, -0.1) is 0 Å². The van der Waals surface area contributed by atoms with E-state index >= 15 is 0 Å². The molecular weight excluding hydrogens is 435 g/mol. The number of hydrogen-bond acceptors (Lipinski definition) is 1. The molecule has 0 spiro atoms. The van der Waals surface area contributed by atoms with Crippen molar-refractivity contribution in [2.24, 2.45) is 0 Å². The zero-order valence-corrected chi connectivity index (χ0v) is 14.5. The van der Waals surface area contributed by atoms with Crippen molar-refractivity contribution < 1.29 is 61.5 Å². The van der Waals surface area contributed by atoms with Crippen LogP contribution >= 0.6 is 0 Å². The summed E-state index contributed by atoms with van der Waals surface area (Å²) < 4.78 is 175. The molecule has 1 aliphatic heterocycles. The van der Waals surface area contributed by atoms with Crippen LogP contribution in [-0.4, -0.2) is 51.4 Å². The Morgan fingerprint density at radius 1 is 0.667 bits per heavy atom. The predicted octanol–water partition coefficient (Wildman–Crippen LogP) is 5.65. The third-order valence-corrected chi connectivity index (χ3v) is 7.48. The van der Waals surface area contributed by atoms with E-state index in [1.54, 1.807) is 0 Å². The van der Waals surface area contributed by atoms with E-state index in [2.05, 4.69) is 0 Å². The van der Waals surface area contributed by atoms with E-state index < -0.39 is 50.4 Å². The van der Waals surface area contributed by atoms with Crippen molar-refractivity contribution in [2.75, 3.05) is 6.61 Å². The van der Waals surface area contributed by atoms with Crippen LogP contribution in [0.4, 0.5) is 57.1 Å². The molecule has 1 rings (SSSR count). The Labute approximate surface area is 145 Å². The van der Waals surface area contributed by atoms with E-state index in [-0.39, 0.29) is 26.0 Å². The second kappa shape index (κ2) is 6.95. The largest absolute Gasteiger partial charge is 0.460 e. The molecule has 0 bridgehead atoms. The minimum atomic E-state index is -7.85. The van der Waals surface area contributed by atoms with Crippen LogP contribution in [0, 0.1) is 0 Å². The van der Waals surface area contributed by atoms with Crippen molar-refractivity contribution in [1.29, 1.82) is 0 Å². The van der Waals surface area contributed by atoms with Crippen molar-refractivity contribution in [3.05, 3.63) is 0 Å². The molecule has 0 radical (unpaired) electrons. The Hall–Kier alpha value is -0.733. The van der Waals surface area contributed by atoms with Crippen molar-refractivity contribution in [2.45, 2.75) is 67.1 Å². The average molecular weight is 448 g/mol. The molecule has 2 unspecified atom stereocenters. The van der Waals surface area contributed by atoms with Crippen LogP contribution in [0.5, 0.6) is 0 Å². The lowest BCUT2D eigenvalue weighted by molar-refractivity contribution is -0.440. The lowest BCUT2D eigenvalue weighted by atomic mass is 9.93. The lowest BCUT2D eigenvalue weighted by Gasteiger charge is -2.42. The monoisotopic (exact) mass is 448 g/mol. The summed E-state index contributed by atoms with van der Waals surface area (Å²) in [6.45, 7) is 0.105. The maximum absolute atomic E-state index is 14.0. The van der Waals surface area contributed by atoms with E-state index in [4.69, 9.17) is 4.43 Å². The Balaban J connectivity index is 3.36. The van der Waals surface area contributed by atoms with Gasteiger partial charge in [-0.05, 0) is 12.5 Å². The van der Waals surface area contributed by atoms with Gasteiger partial charge in [0.2, 0.25) is 0 Å². The van der Waals surface area contributed by atoms with Gasteiger partial charge in [0, 0.05) is 12.1 Å². The van der Waals surface area contributed by atoms with Crippen LogP contribution in [0.1, 0.15) is 19.8 Å². The maximum atomic E-state index is 14.0. The summed E-state index contributed by atoms with van der Waals surface area (Å²) in [4.78, 5) is 0. The van der Waals surface area contributed by atoms with Gasteiger partial charge in [0.25, 0.3) is 0 Å². The van der Waals surface area contributed by atoms with Crippen LogP contribution in [0.25, 0.3) is 0 Å². The highest BCUT2D eigenvalue weighted by molar-refractivity contribution is 6.54. The average Bonchev–Trinajstić information content (AvgIpc) is 2.53. The smallest absolute Gasteiger partial charge is 0.420 e. The van der Waals surface area contributed by atoms with Crippen molar-refractivity contribution in [3.8, 4) is 0 Å². The minimum absolute atomic E-state index is 0.179. The minimum Gasteiger partial charge on any atom is -0.420 e. The zero-order valence-electron chi connectivity index (χ0n) is 13.3. The number of halogens is 13. The molecular formula is C12H13F13OSi. The fraction of sp³-hybridized carbons (Fsp3) is 1.00. The quantitative estimate of drug-likeness (QED) is 0.377. The molecule has 0 N–H and O–H groups in total. The standard InChI is InChI=1S/C12H13F13OSi/c1-6(27-5-3-2-4-26-27)7(13,14)8(15,16)9(17,18)10(19,20)11(21,22)12(23,24)25/h6,27H,2-5H2,1H3. The highest BCUT2D eigenvalue weighted by Crippen LogP contribution is 2.62. The van der Waals surface area contributed by atoms with Crippen molar-refractivity contribution in [1.82, 2.24) is 0 Å². The molecule has 0 saturated carbocycles. The summed E-state index contributed by atoms with van der Waals surface area (Å²) in [5.74, 6) is -36.5. The van der Waals surface area contributed by atoms with E-state index in [1.807, 2.05) is 0 Å². The first-order chi connectivity index (χ1) is 11.8. The summed E-state index contributed by atoms with van der Waals surface area (Å²) in [5, 5.41) is 0. The van der Waals surface area contributed by atoms with Gasteiger partial charge in [-0.3, -0.25) is 0 Å². The zero-order chi connectivity index (χ0) is 21.7. The Morgan fingerprint density at radius 2 is 1.11 bits per heavy atom. The molecule has 1 nitrogen and oxygen atoms in total. The third-order valence-electron chi connectivity index (χ3n) is 4.30.